The van der Waals surface area contributed by atoms with E-state index in [1.54, 1.807) is 19.1 Å². The molecule has 1 atom stereocenters. The molecule has 0 amide bonds. The SMILES string of the molecule is CCOC(=O)C(F)Oc1c(OC)cc(C)cc1OC. The molecule has 0 aliphatic heterocycles. The van der Waals surface area contributed by atoms with E-state index in [1.807, 2.05) is 6.92 Å². The van der Waals surface area contributed by atoms with Gasteiger partial charge in [0.25, 0.3) is 0 Å². The number of halogens is 1. The Bertz CT molecular complexity index is 422. The molecule has 0 saturated heterocycles. The van der Waals surface area contributed by atoms with E-state index in [4.69, 9.17) is 14.2 Å². The average Bonchev–Trinajstić information content (AvgIpc) is 2.40. The van der Waals surface area contributed by atoms with Crippen LogP contribution < -0.4 is 14.2 Å². The molecule has 106 valence electrons. The summed E-state index contributed by atoms with van der Waals surface area (Å²) < 4.78 is 33.2. The first kappa shape index (κ1) is 15.1. The first-order valence-corrected chi connectivity index (χ1v) is 5.73. The Kier molecular flexibility index (Phi) is 5.41. The van der Waals surface area contributed by atoms with Crippen LogP contribution in [0.25, 0.3) is 0 Å². The molecule has 0 aliphatic carbocycles. The molecule has 1 aromatic rings. The zero-order valence-electron chi connectivity index (χ0n) is 11.4. The predicted molar refractivity (Wildman–Crippen MR) is 66.4 cm³/mol. The summed E-state index contributed by atoms with van der Waals surface area (Å²) >= 11 is 0. The summed E-state index contributed by atoms with van der Waals surface area (Å²) in [6.07, 6.45) is -2.23. The molecule has 0 aliphatic rings. The third kappa shape index (κ3) is 3.74. The maximum absolute atomic E-state index is 13.6. The van der Waals surface area contributed by atoms with Gasteiger partial charge in [-0.15, -0.1) is 0 Å². The van der Waals surface area contributed by atoms with E-state index in [0.717, 1.165) is 5.56 Å². The van der Waals surface area contributed by atoms with Gasteiger partial charge in [0.1, 0.15) is 0 Å². The molecule has 0 heterocycles. The van der Waals surface area contributed by atoms with Crippen LogP contribution >= 0.6 is 0 Å². The second-order valence-electron chi connectivity index (χ2n) is 3.68. The number of carbonyl (C=O) groups excluding carboxylic acids is 1. The summed E-state index contributed by atoms with van der Waals surface area (Å²) in [6.45, 7) is 3.48. The highest BCUT2D eigenvalue weighted by molar-refractivity contribution is 5.73. The molecule has 19 heavy (non-hydrogen) atoms. The quantitative estimate of drug-likeness (QED) is 0.743. The van der Waals surface area contributed by atoms with Crippen LogP contribution in [0.4, 0.5) is 4.39 Å². The van der Waals surface area contributed by atoms with Gasteiger partial charge in [0.05, 0.1) is 20.8 Å². The highest BCUT2D eigenvalue weighted by Gasteiger charge is 2.24. The van der Waals surface area contributed by atoms with Crippen LogP contribution in [0.5, 0.6) is 17.2 Å². The number of ether oxygens (including phenoxy) is 4. The Morgan fingerprint density at radius 3 is 2.21 bits per heavy atom. The fraction of sp³-hybridized carbons (Fsp3) is 0.462. The van der Waals surface area contributed by atoms with Gasteiger partial charge < -0.3 is 18.9 Å². The van der Waals surface area contributed by atoms with Crippen molar-refractivity contribution in [1.82, 2.24) is 0 Å². The van der Waals surface area contributed by atoms with Crippen LogP contribution in [0.15, 0.2) is 12.1 Å². The highest BCUT2D eigenvalue weighted by atomic mass is 19.1. The number of carbonyl (C=O) groups is 1. The lowest BCUT2D eigenvalue weighted by Crippen LogP contribution is -2.25. The van der Waals surface area contributed by atoms with E-state index in [1.165, 1.54) is 14.2 Å². The van der Waals surface area contributed by atoms with E-state index in [-0.39, 0.29) is 23.9 Å². The zero-order valence-corrected chi connectivity index (χ0v) is 11.4. The number of rotatable bonds is 6. The molecule has 0 radical (unpaired) electrons. The second-order valence-corrected chi connectivity index (χ2v) is 3.68. The number of benzene rings is 1. The van der Waals surface area contributed by atoms with E-state index >= 15 is 0 Å². The third-order valence-electron chi connectivity index (χ3n) is 2.30. The number of methoxy groups -OCH3 is 2. The molecule has 5 nitrogen and oxygen atoms in total. The van der Waals surface area contributed by atoms with E-state index in [0.29, 0.717) is 0 Å². The Morgan fingerprint density at radius 1 is 1.26 bits per heavy atom. The lowest BCUT2D eigenvalue weighted by Gasteiger charge is -2.16. The molecule has 0 saturated carbocycles. The maximum atomic E-state index is 13.6. The van der Waals surface area contributed by atoms with Crippen LogP contribution in [0, 0.1) is 6.92 Å². The number of esters is 1. The van der Waals surface area contributed by atoms with Crippen molar-refractivity contribution in [3.63, 3.8) is 0 Å². The standard InChI is InChI=1S/C13H17FO5/c1-5-18-13(15)12(14)19-11-9(16-3)6-8(2)7-10(11)17-4/h6-7,12H,5H2,1-4H3. The van der Waals surface area contributed by atoms with E-state index in [9.17, 15) is 9.18 Å². The Labute approximate surface area is 111 Å². The summed E-state index contributed by atoms with van der Waals surface area (Å²) in [7, 11) is 2.83. The number of aryl methyl sites for hydroxylation is 1. The summed E-state index contributed by atoms with van der Waals surface area (Å²) in [5.74, 6) is -0.504. The Hall–Kier alpha value is -1.98. The largest absolute Gasteiger partial charge is 0.493 e. The first-order chi connectivity index (χ1) is 9.03. The molecule has 0 spiro atoms. The monoisotopic (exact) mass is 272 g/mol. The van der Waals surface area contributed by atoms with E-state index < -0.39 is 12.3 Å². The minimum absolute atomic E-state index is 0.0242. The minimum Gasteiger partial charge on any atom is -0.493 e. The van der Waals surface area contributed by atoms with Crippen molar-refractivity contribution in [3.8, 4) is 17.2 Å². The molecule has 0 fully saturated rings. The van der Waals surface area contributed by atoms with Gasteiger partial charge in [0.15, 0.2) is 11.5 Å². The van der Waals surface area contributed by atoms with Gasteiger partial charge in [0.2, 0.25) is 5.75 Å². The van der Waals surface area contributed by atoms with Gasteiger partial charge in [0, 0.05) is 0 Å². The number of hydrogen-bond donors (Lipinski definition) is 0. The van der Waals surface area contributed by atoms with Crippen molar-refractivity contribution in [1.29, 1.82) is 0 Å². The van der Waals surface area contributed by atoms with Crippen molar-refractivity contribution >= 4 is 5.97 Å². The maximum Gasteiger partial charge on any atom is 0.381 e. The average molecular weight is 272 g/mol. The molecule has 0 N–H and O–H groups in total. The van der Waals surface area contributed by atoms with Crippen molar-refractivity contribution in [2.24, 2.45) is 0 Å². The molecule has 1 unspecified atom stereocenters. The lowest BCUT2D eigenvalue weighted by atomic mass is 10.2. The van der Waals surface area contributed by atoms with Crippen LogP contribution in [0.1, 0.15) is 12.5 Å². The van der Waals surface area contributed by atoms with Gasteiger partial charge in [-0.05, 0) is 31.5 Å². The third-order valence-corrected chi connectivity index (χ3v) is 2.30. The highest BCUT2D eigenvalue weighted by Crippen LogP contribution is 2.39. The van der Waals surface area contributed by atoms with Crippen LogP contribution in [-0.2, 0) is 9.53 Å². The molecule has 0 bridgehead atoms. The number of alkyl halides is 1. The van der Waals surface area contributed by atoms with Gasteiger partial charge in [-0.25, -0.2) is 4.79 Å². The summed E-state index contributed by atoms with van der Waals surface area (Å²) in [5.41, 5.74) is 0.854. The van der Waals surface area contributed by atoms with Crippen molar-refractivity contribution < 1.29 is 28.1 Å². The summed E-state index contributed by atoms with van der Waals surface area (Å²) in [6, 6.07) is 3.30. The van der Waals surface area contributed by atoms with Gasteiger partial charge in [-0.2, -0.15) is 4.39 Å². The molecule has 6 heteroatoms. The van der Waals surface area contributed by atoms with Crippen molar-refractivity contribution in [3.05, 3.63) is 17.7 Å². The minimum atomic E-state index is -2.23. The fourth-order valence-corrected chi connectivity index (χ4v) is 1.49. The molecule has 1 aromatic carbocycles. The Balaban J connectivity index is 3.01. The fourth-order valence-electron chi connectivity index (χ4n) is 1.49. The zero-order chi connectivity index (χ0) is 14.4. The summed E-state index contributed by atoms with van der Waals surface area (Å²) in [4.78, 5) is 11.2. The smallest absolute Gasteiger partial charge is 0.381 e. The molecular weight excluding hydrogens is 255 g/mol. The van der Waals surface area contributed by atoms with Crippen LogP contribution in [-0.4, -0.2) is 33.2 Å². The normalized spacial score (nSPS) is 11.6. The van der Waals surface area contributed by atoms with Gasteiger partial charge in [-0.3, -0.25) is 0 Å². The lowest BCUT2D eigenvalue weighted by molar-refractivity contribution is -0.160. The van der Waals surface area contributed by atoms with Gasteiger partial charge >= 0.3 is 12.3 Å². The van der Waals surface area contributed by atoms with Gasteiger partial charge in [-0.1, -0.05) is 0 Å². The summed E-state index contributed by atoms with van der Waals surface area (Å²) in [5, 5.41) is 0. The Morgan fingerprint density at radius 2 is 1.79 bits per heavy atom. The van der Waals surface area contributed by atoms with Crippen molar-refractivity contribution in [2.45, 2.75) is 20.2 Å². The predicted octanol–water partition coefficient (Wildman–Crippen LogP) is 2.25. The topological polar surface area (TPSA) is 54.0 Å². The first-order valence-electron chi connectivity index (χ1n) is 5.73. The second kappa shape index (κ2) is 6.82. The number of hydrogen-bond acceptors (Lipinski definition) is 5. The van der Waals surface area contributed by atoms with Crippen LogP contribution in [0.3, 0.4) is 0 Å². The van der Waals surface area contributed by atoms with Crippen LogP contribution in [0.2, 0.25) is 0 Å². The van der Waals surface area contributed by atoms with E-state index in [2.05, 4.69) is 4.74 Å². The molecule has 1 rings (SSSR count). The van der Waals surface area contributed by atoms with Crippen molar-refractivity contribution in [2.75, 3.05) is 20.8 Å². The molecular formula is C13H17FO5. The molecule has 0 aromatic heterocycles.